The molecule has 0 atom stereocenters. The summed E-state index contributed by atoms with van der Waals surface area (Å²) in [7, 11) is 0. The van der Waals surface area contributed by atoms with Crippen molar-refractivity contribution >= 4 is 23.5 Å². The number of carbonyl (C=O) groups excluding carboxylic acids is 1. The average molecular weight is 271 g/mol. The summed E-state index contributed by atoms with van der Waals surface area (Å²) in [6, 6.07) is 3.45. The van der Waals surface area contributed by atoms with Gasteiger partial charge in [-0.3, -0.25) is 4.79 Å². The molecule has 0 bridgehead atoms. The van der Waals surface area contributed by atoms with Crippen molar-refractivity contribution in [1.82, 2.24) is 10.3 Å². The summed E-state index contributed by atoms with van der Waals surface area (Å²) < 4.78 is 0. The smallest absolute Gasteiger partial charge is 0.328 e. The Bertz CT molecular complexity index is 486. The van der Waals surface area contributed by atoms with E-state index in [-0.39, 0.29) is 11.6 Å². The van der Waals surface area contributed by atoms with Gasteiger partial charge in [-0.05, 0) is 32.4 Å². The molecular weight excluding hydrogens is 256 g/mol. The van der Waals surface area contributed by atoms with Gasteiger partial charge >= 0.3 is 5.97 Å². The first-order valence-corrected chi connectivity index (χ1v) is 5.76. The molecule has 5 nitrogen and oxygen atoms in total. The molecule has 6 heteroatoms. The zero-order valence-electron chi connectivity index (χ0n) is 10.5. The Morgan fingerprint density at radius 2 is 2.06 bits per heavy atom. The van der Waals surface area contributed by atoms with Gasteiger partial charge in [0.2, 0.25) is 5.91 Å². The first-order chi connectivity index (χ1) is 8.22. The van der Waals surface area contributed by atoms with Gasteiger partial charge < -0.3 is 10.4 Å². The van der Waals surface area contributed by atoms with Crippen LogP contribution in [0.4, 0.5) is 0 Å². The van der Waals surface area contributed by atoms with Crippen LogP contribution in [-0.2, 0) is 16.0 Å². The minimum Gasteiger partial charge on any atom is -0.480 e. The quantitative estimate of drug-likeness (QED) is 0.814. The van der Waals surface area contributed by atoms with Gasteiger partial charge in [-0.2, -0.15) is 0 Å². The van der Waals surface area contributed by atoms with E-state index in [1.165, 1.54) is 13.8 Å². The summed E-state index contributed by atoms with van der Waals surface area (Å²) in [5.74, 6) is -1.50. The van der Waals surface area contributed by atoms with Crippen LogP contribution < -0.4 is 5.32 Å². The Morgan fingerprint density at radius 3 is 2.56 bits per heavy atom. The molecule has 0 radical (unpaired) electrons. The van der Waals surface area contributed by atoms with Crippen LogP contribution >= 0.6 is 11.6 Å². The topological polar surface area (TPSA) is 79.3 Å². The van der Waals surface area contributed by atoms with Gasteiger partial charge in [0, 0.05) is 5.69 Å². The van der Waals surface area contributed by atoms with Crippen LogP contribution in [0.2, 0.25) is 5.15 Å². The molecule has 1 aromatic heterocycles. The number of aromatic nitrogens is 1. The Morgan fingerprint density at radius 1 is 1.44 bits per heavy atom. The second-order valence-corrected chi connectivity index (χ2v) is 4.92. The molecule has 0 aliphatic rings. The summed E-state index contributed by atoms with van der Waals surface area (Å²) >= 11 is 5.90. The highest BCUT2D eigenvalue weighted by Gasteiger charge is 2.28. The standard InChI is InChI=1S/C12H15ClN2O3/c1-7-4-5-8(10(13)14-7)6-9(16)15-12(2,3)11(17)18/h4-5H,6H2,1-3H3,(H,15,16)(H,17,18). The number of nitrogens with zero attached hydrogens (tertiary/aromatic N) is 1. The lowest BCUT2D eigenvalue weighted by Crippen LogP contribution is -2.50. The second kappa shape index (κ2) is 5.35. The number of halogens is 1. The number of amides is 1. The summed E-state index contributed by atoms with van der Waals surface area (Å²) in [6.07, 6.45) is 0.00280. The monoisotopic (exact) mass is 270 g/mol. The zero-order chi connectivity index (χ0) is 13.9. The lowest BCUT2D eigenvalue weighted by Gasteiger charge is -2.21. The molecular formula is C12H15ClN2O3. The molecule has 1 amide bonds. The molecule has 1 heterocycles. The first-order valence-electron chi connectivity index (χ1n) is 5.39. The Kier molecular flexibility index (Phi) is 4.29. The molecule has 0 fully saturated rings. The van der Waals surface area contributed by atoms with Crippen LogP contribution in [0.15, 0.2) is 12.1 Å². The SMILES string of the molecule is Cc1ccc(CC(=O)NC(C)(C)C(=O)O)c(Cl)n1. The third-order valence-corrected chi connectivity index (χ3v) is 2.73. The number of hydrogen-bond donors (Lipinski definition) is 2. The van der Waals surface area contributed by atoms with E-state index in [1.807, 2.05) is 0 Å². The summed E-state index contributed by atoms with van der Waals surface area (Å²) in [5.41, 5.74) is 0.0257. The maximum absolute atomic E-state index is 11.7. The van der Waals surface area contributed by atoms with Crippen molar-refractivity contribution in [3.8, 4) is 0 Å². The third-order valence-electron chi connectivity index (χ3n) is 2.40. The van der Waals surface area contributed by atoms with Crippen LogP contribution in [-0.4, -0.2) is 27.5 Å². The minimum atomic E-state index is -1.30. The molecule has 0 aliphatic heterocycles. The summed E-state index contributed by atoms with van der Waals surface area (Å²) in [4.78, 5) is 26.6. The number of pyridine rings is 1. The molecule has 1 aromatic rings. The van der Waals surface area contributed by atoms with Crippen LogP contribution in [0.25, 0.3) is 0 Å². The largest absolute Gasteiger partial charge is 0.480 e. The number of carboxylic acid groups (broad SMARTS) is 1. The summed E-state index contributed by atoms with van der Waals surface area (Å²) in [5, 5.41) is 11.6. The van der Waals surface area contributed by atoms with Crippen molar-refractivity contribution in [3.05, 3.63) is 28.5 Å². The van der Waals surface area contributed by atoms with Crippen LogP contribution in [0.3, 0.4) is 0 Å². The number of aryl methyl sites for hydroxylation is 1. The number of rotatable bonds is 4. The lowest BCUT2D eigenvalue weighted by atomic mass is 10.1. The molecule has 1 rings (SSSR count). The van der Waals surface area contributed by atoms with E-state index < -0.39 is 17.4 Å². The average Bonchev–Trinajstić information content (AvgIpc) is 2.21. The normalized spacial score (nSPS) is 11.1. The molecule has 0 aromatic carbocycles. The zero-order valence-corrected chi connectivity index (χ0v) is 11.2. The van der Waals surface area contributed by atoms with Crippen molar-refractivity contribution in [2.45, 2.75) is 32.7 Å². The van der Waals surface area contributed by atoms with E-state index in [0.29, 0.717) is 5.56 Å². The third kappa shape index (κ3) is 3.70. The maximum Gasteiger partial charge on any atom is 0.328 e. The number of nitrogens with one attached hydrogen (secondary N) is 1. The Hall–Kier alpha value is -1.62. The highest BCUT2D eigenvalue weighted by atomic mass is 35.5. The fourth-order valence-corrected chi connectivity index (χ4v) is 1.57. The molecule has 18 heavy (non-hydrogen) atoms. The van der Waals surface area contributed by atoms with Crippen LogP contribution in [0.1, 0.15) is 25.1 Å². The number of aliphatic carboxylic acids is 1. The molecule has 0 aliphatic carbocycles. The van der Waals surface area contributed by atoms with E-state index in [0.717, 1.165) is 5.69 Å². The second-order valence-electron chi connectivity index (χ2n) is 4.56. The van der Waals surface area contributed by atoms with E-state index in [9.17, 15) is 9.59 Å². The predicted octanol–water partition coefficient (Wildman–Crippen LogP) is 1.57. The molecule has 2 N–H and O–H groups in total. The van der Waals surface area contributed by atoms with Crippen molar-refractivity contribution in [2.24, 2.45) is 0 Å². The fraction of sp³-hybridized carbons (Fsp3) is 0.417. The van der Waals surface area contributed by atoms with Crippen LogP contribution in [0.5, 0.6) is 0 Å². The fourth-order valence-electron chi connectivity index (χ4n) is 1.30. The van der Waals surface area contributed by atoms with Gasteiger partial charge in [0.15, 0.2) is 0 Å². The maximum atomic E-state index is 11.7. The number of carboxylic acids is 1. The van der Waals surface area contributed by atoms with E-state index in [4.69, 9.17) is 16.7 Å². The van der Waals surface area contributed by atoms with Gasteiger partial charge in [-0.1, -0.05) is 17.7 Å². The highest BCUT2D eigenvalue weighted by molar-refractivity contribution is 6.30. The van der Waals surface area contributed by atoms with E-state index in [1.54, 1.807) is 19.1 Å². The van der Waals surface area contributed by atoms with E-state index >= 15 is 0 Å². The van der Waals surface area contributed by atoms with Gasteiger partial charge in [-0.25, -0.2) is 9.78 Å². The highest BCUT2D eigenvalue weighted by Crippen LogP contribution is 2.14. The first kappa shape index (κ1) is 14.4. The van der Waals surface area contributed by atoms with Crippen molar-refractivity contribution < 1.29 is 14.7 Å². The van der Waals surface area contributed by atoms with Gasteiger partial charge in [0.05, 0.1) is 6.42 Å². The molecule has 0 unspecified atom stereocenters. The predicted molar refractivity (Wildman–Crippen MR) is 67.5 cm³/mol. The molecule has 0 saturated heterocycles. The molecule has 0 saturated carbocycles. The number of carbonyl (C=O) groups is 2. The van der Waals surface area contributed by atoms with Gasteiger partial charge in [0.1, 0.15) is 10.7 Å². The minimum absolute atomic E-state index is 0.00280. The molecule has 98 valence electrons. The Balaban J connectivity index is 2.74. The molecule has 0 spiro atoms. The van der Waals surface area contributed by atoms with Crippen LogP contribution in [0, 0.1) is 6.92 Å². The van der Waals surface area contributed by atoms with Crippen molar-refractivity contribution in [2.75, 3.05) is 0 Å². The van der Waals surface area contributed by atoms with Crippen molar-refractivity contribution in [3.63, 3.8) is 0 Å². The van der Waals surface area contributed by atoms with Crippen molar-refractivity contribution in [1.29, 1.82) is 0 Å². The lowest BCUT2D eigenvalue weighted by molar-refractivity contribution is -0.145. The van der Waals surface area contributed by atoms with E-state index in [2.05, 4.69) is 10.3 Å². The summed E-state index contributed by atoms with van der Waals surface area (Å²) in [6.45, 7) is 4.63. The van der Waals surface area contributed by atoms with Gasteiger partial charge in [-0.15, -0.1) is 0 Å². The number of hydrogen-bond acceptors (Lipinski definition) is 3. The Labute approximate surface area is 110 Å². The van der Waals surface area contributed by atoms with Gasteiger partial charge in [0.25, 0.3) is 0 Å².